The highest BCUT2D eigenvalue weighted by atomic mass is 16.3. The molecule has 2 fully saturated rings. The summed E-state index contributed by atoms with van der Waals surface area (Å²) in [4.78, 5) is 27.1. The Kier molecular flexibility index (Phi) is 3.17. The fraction of sp³-hybridized carbons (Fsp3) is 0.667. The van der Waals surface area contributed by atoms with E-state index in [4.69, 9.17) is 4.42 Å². The molecule has 0 radical (unpaired) electrons. The number of carbonyl (C=O) groups excluding carboxylic acids is 2. The van der Waals surface area contributed by atoms with Crippen LogP contribution in [-0.2, 0) is 6.42 Å². The molecule has 1 saturated heterocycles. The maximum atomic E-state index is 12.9. The molecule has 1 aromatic heterocycles. The number of amides is 1. The van der Waals surface area contributed by atoms with Gasteiger partial charge in [0.2, 0.25) is 0 Å². The van der Waals surface area contributed by atoms with Gasteiger partial charge >= 0.3 is 0 Å². The van der Waals surface area contributed by atoms with E-state index >= 15 is 0 Å². The molecule has 2 aliphatic carbocycles. The topological polar surface area (TPSA) is 50.5 Å². The molecule has 0 N–H and O–H groups in total. The number of piperidine rings is 1. The Morgan fingerprint density at radius 1 is 1.32 bits per heavy atom. The van der Waals surface area contributed by atoms with Gasteiger partial charge < -0.3 is 9.32 Å². The lowest BCUT2D eigenvalue weighted by atomic mass is 9.59. The summed E-state index contributed by atoms with van der Waals surface area (Å²) in [6.45, 7) is 3.97. The van der Waals surface area contributed by atoms with Crippen molar-refractivity contribution in [2.45, 2.75) is 51.9 Å². The molecule has 1 saturated carbocycles. The minimum absolute atomic E-state index is 0.00146. The number of fused-ring (bicyclic) bond motifs is 1. The first kappa shape index (κ1) is 14.0. The lowest BCUT2D eigenvalue weighted by Gasteiger charge is -2.53. The van der Waals surface area contributed by atoms with Crippen LogP contribution < -0.4 is 0 Å². The Balaban J connectivity index is 1.60. The van der Waals surface area contributed by atoms with Crippen LogP contribution in [-0.4, -0.2) is 29.7 Å². The van der Waals surface area contributed by atoms with E-state index in [2.05, 4.69) is 6.92 Å². The van der Waals surface area contributed by atoms with E-state index in [1.54, 1.807) is 0 Å². The van der Waals surface area contributed by atoms with Crippen LogP contribution in [0.2, 0.25) is 0 Å². The van der Waals surface area contributed by atoms with Crippen LogP contribution >= 0.6 is 0 Å². The zero-order valence-corrected chi connectivity index (χ0v) is 13.2. The van der Waals surface area contributed by atoms with Gasteiger partial charge in [-0.25, -0.2) is 0 Å². The van der Waals surface area contributed by atoms with Gasteiger partial charge in [-0.1, -0.05) is 13.3 Å². The number of rotatable bonds is 1. The molecule has 0 aromatic carbocycles. The summed E-state index contributed by atoms with van der Waals surface area (Å²) in [7, 11) is 0. The Morgan fingerprint density at radius 2 is 2.14 bits per heavy atom. The van der Waals surface area contributed by atoms with Gasteiger partial charge in [0.15, 0.2) is 5.78 Å². The molecule has 1 spiro atoms. The molecule has 118 valence electrons. The van der Waals surface area contributed by atoms with Crippen LogP contribution in [0.15, 0.2) is 10.7 Å². The van der Waals surface area contributed by atoms with E-state index in [9.17, 15) is 9.59 Å². The predicted octanol–water partition coefficient (Wildman–Crippen LogP) is 3.45. The van der Waals surface area contributed by atoms with E-state index in [1.807, 2.05) is 4.90 Å². The second kappa shape index (κ2) is 4.97. The summed E-state index contributed by atoms with van der Waals surface area (Å²) in [5, 5.41) is 0. The Labute approximate surface area is 130 Å². The molecule has 1 unspecified atom stereocenters. The van der Waals surface area contributed by atoms with Crippen molar-refractivity contribution in [1.82, 2.24) is 4.90 Å². The molecular weight excluding hydrogens is 278 g/mol. The van der Waals surface area contributed by atoms with Crippen LogP contribution in [0.25, 0.3) is 0 Å². The Bertz CT molecular complexity index is 626. The van der Waals surface area contributed by atoms with E-state index in [-0.39, 0.29) is 11.7 Å². The fourth-order valence-electron chi connectivity index (χ4n) is 4.48. The van der Waals surface area contributed by atoms with Gasteiger partial charge in [-0.3, -0.25) is 9.59 Å². The number of nitrogens with zero attached hydrogens (tertiary/aromatic N) is 1. The monoisotopic (exact) mass is 301 g/mol. The second-order valence-electron chi connectivity index (χ2n) is 7.36. The van der Waals surface area contributed by atoms with Crippen molar-refractivity contribution in [1.29, 1.82) is 0 Å². The third kappa shape index (κ3) is 1.96. The minimum atomic E-state index is -0.00146. The van der Waals surface area contributed by atoms with Gasteiger partial charge in [-0.2, -0.15) is 0 Å². The zero-order valence-electron chi connectivity index (χ0n) is 13.2. The molecule has 4 heteroatoms. The average molecular weight is 301 g/mol. The van der Waals surface area contributed by atoms with Gasteiger partial charge in [0.05, 0.1) is 11.1 Å². The summed E-state index contributed by atoms with van der Waals surface area (Å²) in [5.74, 6) is 1.48. The molecule has 1 atom stereocenters. The van der Waals surface area contributed by atoms with Crippen molar-refractivity contribution in [2.75, 3.05) is 13.1 Å². The first-order chi connectivity index (χ1) is 10.6. The standard InChI is InChI=1S/C18H23NO3/c1-12-6-9-19(11-18(12)7-3-8-18)17(21)13-10-22-15-5-2-4-14(20)16(13)15/h10,12H,2-9,11H2,1H3. The van der Waals surface area contributed by atoms with Crippen molar-refractivity contribution in [3.63, 3.8) is 0 Å². The van der Waals surface area contributed by atoms with Crippen molar-refractivity contribution in [2.24, 2.45) is 11.3 Å². The van der Waals surface area contributed by atoms with E-state index < -0.39 is 0 Å². The van der Waals surface area contributed by atoms with Crippen LogP contribution in [0.1, 0.15) is 71.9 Å². The molecule has 4 rings (SSSR count). The van der Waals surface area contributed by atoms with Gasteiger partial charge in [0.1, 0.15) is 12.0 Å². The SMILES string of the molecule is CC1CCN(C(=O)c2coc3c2C(=O)CCC3)CC12CCC2. The molecule has 22 heavy (non-hydrogen) atoms. The lowest BCUT2D eigenvalue weighted by Crippen LogP contribution is -2.53. The fourth-order valence-corrected chi connectivity index (χ4v) is 4.48. The summed E-state index contributed by atoms with van der Waals surface area (Å²) in [6.07, 6.45) is 8.48. The largest absolute Gasteiger partial charge is 0.468 e. The van der Waals surface area contributed by atoms with E-state index in [0.29, 0.717) is 34.6 Å². The highest BCUT2D eigenvalue weighted by Gasteiger charge is 2.47. The number of furan rings is 1. The van der Waals surface area contributed by atoms with Gasteiger partial charge in [0, 0.05) is 25.9 Å². The maximum absolute atomic E-state index is 12.9. The van der Waals surface area contributed by atoms with E-state index in [0.717, 1.165) is 32.4 Å². The Morgan fingerprint density at radius 3 is 2.86 bits per heavy atom. The number of Topliss-reactive ketones (excluding diaryl/α,β-unsaturated/α-hetero) is 1. The molecule has 2 heterocycles. The summed E-state index contributed by atoms with van der Waals surface area (Å²) < 4.78 is 5.51. The normalized spacial score (nSPS) is 26.7. The van der Waals surface area contributed by atoms with Crippen molar-refractivity contribution < 1.29 is 14.0 Å². The van der Waals surface area contributed by atoms with Crippen LogP contribution in [0, 0.1) is 11.3 Å². The van der Waals surface area contributed by atoms with Crippen LogP contribution in [0.4, 0.5) is 0 Å². The molecule has 1 aliphatic heterocycles. The van der Waals surface area contributed by atoms with Crippen LogP contribution in [0.5, 0.6) is 0 Å². The molecule has 3 aliphatic rings. The number of hydrogen-bond donors (Lipinski definition) is 0. The number of hydrogen-bond acceptors (Lipinski definition) is 3. The first-order valence-corrected chi connectivity index (χ1v) is 8.53. The zero-order chi connectivity index (χ0) is 15.3. The van der Waals surface area contributed by atoms with Crippen molar-refractivity contribution in [3.05, 3.63) is 23.2 Å². The van der Waals surface area contributed by atoms with Crippen molar-refractivity contribution in [3.8, 4) is 0 Å². The van der Waals surface area contributed by atoms with Gasteiger partial charge in [0.25, 0.3) is 5.91 Å². The highest BCUT2D eigenvalue weighted by molar-refractivity contribution is 6.09. The number of aryl methyl sites for hydroxylation is 1. The predicted molar refractivity (Wildman–Crippen MR) is 81.9 cm³/mol. The highest BCUT2D eigenvalue weighted by Crippen LogP contribution is 2.51. The Hall–Kier alpha value is -1.58. The van der Waals surface area contributed by atoms with E-state index in [1.165, 1.54) is 25.5 Å². The maximum Gasteiger partial charge on any atom is 0.257 e. The third-order valence-electron chi connectivity index (χ3n) is 6.20. The first-order valence-electron chi connectivity index (χ1n) is 8.53. The van der Waals surface area contributed by atoms with Crippen molar-refractivity contribution >= 4 is 11.7 Å². The smallest absolute Gasteiger partial charge is 0.257 e. The summed E-state index contributed by atoms with van der Waals surface area (Å²) >= 11 is 0. The third-order valence-corrected chi connectivity index (χ3v) is 6.20. The summed E-state index contributed by atoms with van der Waals surface area (Å²) in [6, 6.07) is 0. The molecule has 4 nitrogen and oxygen atoms in total. The van der Waals surface area contributed by atoms with Gasteiger partial charge in [-0.05, 0) is 37.0 Å². The number of likely N-dealkylation sites (tertiary alicyclic amines) is 1. The average Bonchev–Trinajstić information content (AvgIpc) is 2.91. The van der Waals surface area contributed by atoms with Gasteiger partial charge in [-0.15, -0.1) is 0 Å². The summed E-state index contributed by atoms with van der Waals surface area (Å²) in [5.41, 5.74) is 1.41. The lowest BCUT2D eigenvalue weighted by molar-refractivity contribution is -0.0208. The number of ketones is 1. The second-order valence-corrected chi connectivity index (χ2v) is 7.36. The molecule has 0 bridgehead atoms. The molecular formula is C18H23NO3. The van der Waals surface area contributed by atoms with Crippen LogP contribution in [0.3, 0.4) is 0 Å². The number of carbonyl (C=O) groups is 2. The molecule has 1 aromatic rings. The minimum Gasteiger partial charge on any atom is -0.468 e. The molecule has 1 amide bonds. The quantitative estimate of drug-likeness (QED) is 0.798.